The molecule has 0 N–H and O–H groups in total. The van der Waals surface area contributed by atoms with E-state index >= 15 is 0 Å². The maximum absolute atomic E-state index is 5.79. The summed E-state index contributed by atoms with van der Waals surface area (Å²) in [6.45, 7) is 4.86. The lowest BCUT2D eigenvalue weighted by Crippen LogP contribution is -2.58. The maximum Gasteiger partial charge on any atom is 0.124 e. The Balaban J connectivity index is 2.30. The van der Waals surface area contributed by atoms with E-state index in [1.54, 1.807) is 14.2 Å². The molecule has 26 heavy (non-hydrogen) atoms. The molecule has 0 aliphatic carbocycles. The lowest BCUT2D eigenvalue weighted by Gasteiger charge is -2.36. The largest absolute Gasteiger partial charge is 0.496 e. The van der Waals surface area contributed by atoms with Crippen LogP contribution in [0.4, 0.5) is 11.4 Å². The van der Waals surface area contributed by atoms with Crippen LogP contribution in [0, 0.1) is 0 Å². The van der Waals surface area contributed by atoms with E-state index in [0.717, 1.165) is 17.9 Å². The van der Waals surface area contributed by atoms with Crippen molar-refractivity contribution in [3.8, 4) is 11.5 Å². The summed E-state index contributed by atoms with van der Waals surface area (Å²) in [6.07, 6.45) is 0.856. The molecule has 0 aromatic heterocycles. The second-order valence-electron chi connectivity index (χ2n) is 7.94. The first-order valence-corrected chi connectivity index (χ1v) is 12.0. The van der Waals surface area contributed by atoms with Crippen molar-refractivity contribution in [2.24, 2.45) is 0 Å². The summed E-state index contributed by atoms with van der Waals surface area (Å²) in [5.41, 5.74) is 5.03. The first-order valence-electron chi connectivity index (χ1n) is 8.98. The first kappa shape index (κ1) is 18.6. The average molecular weight is 371 g/mol. The van der Waals surface area contributed by atoms with Crippen LogP contribution < -0.4 is 29.6 Å². The van der Waals surface area contributed by atoms with E-state index in [-0.39, 0.29) is 0 Å². The van der Waals surface area contributed by atoms with Crippen LogP contribution >= 0.6 is 0 Å². The van der Waals surface area contributed by atoms with Gasteiger partial charge >= 0.3 is 0 Å². The van der Waals surface area contributed by atoms with Crippen LogP contribution in [0.1, 0.15) is 11.1 Å². The monoisotopic (exact) mass is 370 g/mol. The molecule has 0 fully saturated rings. The second kappa shape index (κ2) is 6.54. The number of anilines is 2. The van der Waals surface area contributed by atoms with E-state index in [4.69, 9.17) is 9.47 Å². The predicted molar refractivity (Wildman–Crippen MR) is 114 cm³/mol. The zero-order chi connectivity index (χ0) is 19.2. The number of rotatable bonds is 4. The van der Waals surface area contributed by atoms with Crippen molar-refractivity contribution in [1.82, 2.24) is 0 Å². The summed E-state index contributed by atoms with van der Waals surface area (Å²) in [7, 11) is 9.98. The fraction of sp³-hybridized carbons (Fsp3) is 0.429. The van der Waals surface area contributed by atoms with Gasteiger partial charge in [0.25, 0.3) is 0 Å². The Hall–Kier alpha value is -2.14. The summed E-state index contributed by atoms with van der Waals surface area (Å²) < 4.78 is 11.6. The maximum atomic E-state index is 5.79. The Morgan fingerprint density at radius 1 is 0.731 bits per heavy atom. The van der Waals surface area contributed by atoms with Gasteiger partial charge in [-0.25, -0.2) is 0 Å². The van der Waals surface area contributed by atoms with Crippen molar-refractivity contribution in [3.05, 3.63) is 35.4 Å². The number of fused-ring (bicyclic) bond motifs is 2. The van der Waals surface area contributed by atoms with Gasteiger partial charge in [0.1, 0.15) is 19.6 Å². The molecule has 0 saturated carbocycles. The van der Waals surface area contributed by atoms with Crippen molar-refractivity contribution < 1.29 is 9.47 Å². The molecule has 0 bridgehead atoms. The number of nitrogens with zero attached hydrogens (tertiary/aromatic N) is 2. The Morgan fingerprint density at radius 3 is 1.42 bits per heavy atom. The van der Waals surface area contributed by atoms with Crippen LogP contribution in [0.15, 0.2) is 24.3 Å². The Morgan fingerprint density at radius 2 is 1.12 bits per heavy atom. The smallest absolute Gasteiger partial charge is 0.124 e. The van der Waals surface area contributed by atoms with Crippen molar-refractivity contribution in [2.45, 2.75) is 19.5 Å². The third kappa shape index (κ3) is 2.84. The molecule has 1 heterocycles. The molecule has 3 rings (SSSR count). The highest BCUT2D eigenvalue weighted by atomic mass is 28.3. The molecule has 0 unspecified atom stereocenters. The second-order valence-corrected chi connectivity index (χ2v) is 12.3. The standard InChI is InChI=1S/C21H30N2O2Si/c1-22(2)14-9-18(24-5)16-13-17-19(25-6)10-15(23(3)4)12-21(17)26(7,8)20(16)11-14/h9-12H,13H2,1-8H3. The normalized spacial score (nSPS) is 14.3. The number of benzene rings is 2. The minimum atomic E-state index is -1.89. The molecule has 4 nitrogen and oxygen atoms in total. The lowest BCUT2D eigenvalue weighted by atomic mass is 10.0. The highest BCUT2D eigenvalue weighted by Gasteiger charge is 2.38. The molecule has 5 heteroatoms. The van der Waals surface area contributed by atoms with Crippen LogP contribution in [-0.4, -0.2) is 50.5 Å². The summed E-state index contributed by atoms with van der Waals surface area (Å²) in [4.78, 5) is 4.30. The molecule has 0 radical (unpaired) electrons. The fourth-order valence-electron chi connectivity index (χ4n) is 3.94. The molecular formula is C21H30N2O2Si. The molecule has 1 aliphatic rings. The summed E-state index contributed by atoms with van der Waals surface area (Å²) in [5, 5.41) is 2.93. The molecule has 140 valence electrons. The molecule has 0 saturated heterocycles. The number of methoxy groups -OCH3 is 2. The van der Waals surface area contributed by atoms with Gasteiger partial charge in [-0.05, 0) is 33.6 Å². The Labute approximate surface area is 158 Å². The Bertz CT molecular complexity index is 777. The fourth-order valence-corrected chi connectivity index (χ4v) is 7.18. The molecular weight excluding hydrogens is 340 g/mol. The van der Waals surface area contributed by atoms with Crippen molar-refractivity contribution in [3.63, 3.8) is 0 Å². The highest BCUT2D eigenvalue weighted by molar-refractivity contribution is 7.01. The minimum absolute atomic E-state index is 0.856. The van der Waals surface area contributed by atoms with Gasteiger partial charge in [0, 0.05) is 58.1 Å². The molecule has 0 amide bonds. The zero-order valence-electron chi connectivity index (χ0n) is 17.2. The van der Waals surface area contributed by atoms with Crippen molar-refractivity contribution >= 4 is 29.8 Å². The van der Waals surface area contributed by atoms with Gasteiger partial charge in [0.15, 0.2) is 0 Å². The molecule has 2 aromatic carbocycles. The van der Waals surface area contributed by atoms with Gasteiger partial charge in [0.2, 0.25) is 0 Å². The number of hydrogen-bond acceptors (Lipinski definition) is 4. The van der Waals surface area contributed by atoms with Gasteiger partial charge < -0.3 is 19.3 Å². The van der Waals surface area contributed by atoms with Gasteiger partial charge in [-0.3, -0.25) is 0 Å². The van der Waals surface area contributed by atoms with Crippen LogP contribution in [0.2, 0.25) is 13.1 Å². The van der Waals surface area contributed by atoms with Gasteiger partial charge in [0.05, 0.1) is 14.2 Å². The van der Waals surface area contributed by atoms with E-state index in [2.05, 4.69) is 75.3 Å². The summed E-state index contributed by atoms with van der Waals surface area (Å²) >= 11 is 0. The first-order chi connectivity index (χ1) is 12.2. The van der Waals surface area contributed by atoms with Crippen LogP contribution in [0.25, 0.3) is 0 Å². The minimum Gasteiger partial charge on any atom is -0.496 e. The van der Waals surface area contributed by atoms with Gasteiger partial charge in [-0.2, -0.15) is 0 Å². The molecule has 0 atom stereocenters. The predicted octanol–water partition coefficient (Wildman–Crippen LogP) is 2.56. The average Bonchev–Trinajstić information content (AvgIpc) is 2.60. The van der Waals surface area contributed by atoms with E-state index in [0.29, 0.717) is 0 Å². The summed E-state index contributed by atoms with van der Waals surface area (Å²) in [6, 6.07) is 9.02. The summed E-state index contributed by atoms with van der Waals surface area (Å²) in [5.74, 6) is 1.97. The quantitative estimate of drug-likeness (QED) is 0.773. The Kier molecular flexibility index (Phi) is 4.69. The van der Waals surface area contributed by atoms with Crippen LogP contribution in [0.5, 0.6) is 11.5 Å². The van der Waals surface area contributed by atoms with Crippen molar-refractivity contribution in [1.29, 1.82) is 0 Å². The van der Waals surface area contributed by atoms with E-state index in [9.17, 15) is 0 Å². The lowest BCUT2D eigenvalue weighted by molar-refractivity contribution is 0.406. The molecule has 0 spiro atoms. The highest BCUT2D eigenvalue weighted by Crippen LogP contribution is 2.35. The third-order valence-electron chi connectivity index (χ3n) is 5.56. The number of hydrogen-bond donors (Lipinski definition) is 0. The van der Waals surface area contributed by atoms with Crippen LogP contribution in [0.3, 0.4) is 0 Å². The van der Waals surface area contributed by atoms with Crippen molar-refractivity contribution in [2.75, 3.05) is 52.2 Å². The van der Waals surface area contributed by atoms with E-state index in [1.165, 1.54) is 32.9 Å². The van der Waals surface area contributed by atoms with Gasteiger partial charge in [-0.1, -0.05) is 13.1 Å². The zero-order valence-corrected chi connectivity index (χ0v) is 18.2. The van der Waals surface area contributed by atoms with Crippen LogP contribution in [-0.2, 0) is 6.42 Å². The van der Waals surface area contributed by atoms with Gasteiger partial charge in [-0.15, -0.1) is 0 Å². The molecule has 1 aliphatic heterocycles. The topological polar surface area (TPSA) is 24.9 Å². The SMILES string of the molecule is COc1cc(N(C)C)cc2c1Cc1c(OC)cc(N(C)C)cc1[Si]2(C)C. The number of ether oxygens (including phenoxy) is 2. The third-order valence-corrected chi connectivity index (χ3v) is 9.15. The van der Waals surface area contributed by atoms with E-state index < -0.39 is 8.07 Å². The van der Waals surface area contributed by atoms with E-state index in [1.807, 2.05) is 0 Å². The molecule has 2 aromatic rings.